The summed E-state index contributed by atoms with van der Waals surface area (Å²) in [4.78, 5) is 17.4. The molecule has 0 aromatic carbocycles. The first-order valence-electron chi connectivity index (χ1n) is 7.60. The predicted octanol–water partition coefficient (Wildman–Crippen LogP) is 2.00. The Bertz CT molecular complexity index is 403. The maximum Gasteiger partial charge on any atom is 0.231 e. The Balaban J connectivity index is 1.69. The number of fused-ring (bicyclic) bond motifs is 6. The van der Waals surface area contributed by atoms with Crippen molar-refractivity contribution in [2.24, 2.45) is 11.8 Å². The van der Waals surface area contributed by atoms with E-state index in [0.29, 0.717) is 11.9 Å². The average Bonchev–Trinajstić information content (AvgIpc) is 2.44. The normalized spacial score (nSPS) is 39.0. The van der Waals surface area contributed by atoms with E-state index in [0.717, 1.165) is 18.9 Å². The van der Waals surface area contributed by atoms with E-state index >= 15 is 0 Å². The molecule has 1 amide bonds. The van der Waals surface area contributed by atoms with Gasteiger partial charge < -0.3 is 9.80 Å². The fourth-order valence-electron chi connectivity index (χ4n) is 4.56. The third-order valence-electron chi connectivity index (χ3n) is 5.38. The summed E-state index contributed by atoms with van der Waals surface area (Å²) in [5.74, 6) is 1.38. The molecule has 3 saturated heterocycles. The SMILES string of the molecule is O=C1C2CC(CN3CCCC=C23)C2CCCCN12. The third-order valence-corrected chi connectivity index (χ3v) is 5.38. The number of piperidine rings is 3. The van der Waals surface area contributed by atoms with E-state index in [1.165, 1.54) is 50.9 Å². The number of rotatable bonds is 0. The lowest BCUT2D eigenvalue weighted by Gasteiger charge is -2.54. The van der Waals surface area contributed by atoms with Gasteiger partial charge in [-0.05, 0) is 44.4 Å². The van der Waals surface area contributed by atoms with Crippen LogP contribution in [0, 0.1) is 11.8 Å². The Kier molecular flexibility index (Phi) is 2.42. The molecular formula is C15H22N2O. The quantitative estimate of drug-likeness (QED) is 0.652. The molecule has 3 nitrogen and oxygen atoms in total. The van der Waals surface area contributed by atoms with E-state index in [-0.39, 0.29) is 5.92 Å². The lowest BCUT2D eigenvalue weighted by molar-refractivity contribution is -0.149. The summed E-state index contributed by atoms with van der Waals surface area (Å²) in [7, 11) is 0. The number of allylic oxidation sites excluding steroid dienone is 1. The van der Waals surface area contributed by atoms with Crippen molar-refractivity contribution in [1.82, 2.24) is 9.80 Å². The molecule has 3 heteroatoms. The second kappa shape index (κ2) is 4.01. The van der Waals surface area contributed by atoms with Crippen molar-refractivity contribution in [1.29, 1.82) is 0 Å². The number of hydrogen-bond donors (Lipinski definition) is 0. The summed E-state index contributed by atoms with van der Waals surface area (Å²) < 4.78 is 0. The van der Waals surface area contributed by atoms with E-state index in [1.54, 1.807) is 0 Å². The van der Waals surface area contributed by atoms with Gasteiger partial charge in [0.05, 0.1) is 5.92 Å². The van der Waals surface area contributed by atoms with Crippen molar-refractivity contribution in [3.63, 3.8) is 0 Å². The second-order valence-corrected chi connectivity index (χ2v) is 6.36. The van der Waals surface area contributed by atoms with E-state index in [2.05, 4.69) is 15.9 Å². The summed E-state index contributed by atoms with van der Waals surface area (Å²) in [5.41, 5.74) is 1.37. The number of carbonyl (C=O) groups is 1. The molecule has 4 aliphatic heterocycles. The van der Waals surface area contributed by atoms with Crippen LogP contribution in [-0.4, -0.2) is 41.4 Å². The lowest BCUT2D eigenvalue weighted by atomic mass is 9.73. The molecule has 3 fully saturated rings. The van der Waals surface area contributed by atoms with Gasteiger partial charge in [0, 0.05) is 31.4 Å². The zero-order valence-corrected chi connectivity index (χ0v) is 11.0. The maximum absolute atomic E-state index is 12.7. The van der Waals surface area contributed by atoms with Crippen LogP contribution in [0.4, 0.5) is 0 Å². The first kappa shape index (κ1) is 10.9. The van der Waals surface area contributed by atoms with Gasteiger partial charge in [-0.25, -0.2) is 0 Å². The zero-order valence-electron chi connectivity index (χ0n) is 11.0. The third kappa shape index (κ3) is 1.45. The molecule has 3 atom stereocenters. The first-order valence-corrected chi connectivity index (χ1v) is 7.60. The lowest BCUT2D eigenvalue weighted by Crippen LogP contribution is -2.61. The van der Waals surface area contributed by atoms with Crippen molar-refractivity contribution in [2.45, 2.75) is 44.6 Å². The number of carbonyl (C=O) groups excluding carboxylic acids is 1. The zero-order chi connectivity index (χ0) is 12.1. The molecule has 4 heterocycles. The number of hydrogen-bond acceptors (Lipinski definition) is 2. The largest absolute Gasteiger partial charge is 0.374 e. The standard InChI is InChI=1S/C15H22N2O/c18-15-12-9-11(13-5-2-4-8-17(13)15)10-16-7-3-1-6-14(12)16/h6,11-13H,1-5,7-10H2. The van der Waals surface area contributed by atoms with Crippen molar-refractivity contribution >= 4 is 5.91 Å². The molecule has 3 unspecified atom stereocenters. The van der Waals surface area contributed by atoms with Crippen LogP contribution in [0.5, 0.6) is 0 Å². The topological polar surface area (TPSA) is 23.6 Å². The van der Waals surface area contributed by atoms with Gasteiger partial charge in [-0.2, -0.15) is 0 Å². The summed E-state index contributed by atoms with van der Waals surface area (Å²) in [5, 5.41) is 0. The van der Waals surface area contributed by atoms with Crippen LogP contribution in [0.15, 0.2) is 11.8 Å². The molecular weight excluding hydrogens is 224 g/mol. The van der Waals surface area contributed by atoms with Gasteiger partial charge in [-0.3, -0.25) is 4.79 Å². The highest BCUT2D eigenvalue weighted by Gasteiger charge is 2.48. The molecule has 18 heavy (non-hydrogen) atoms. The highest BCUT2D eigenvalue weighted by atomic mass is 16.2. The molecule has 0 N–H and O–H groups in total. The fraction of sp³-hybridized carbons (Fsp3) is 0.800. The average molecular weight is 246 g/mol. The smallest absolute Gasteiger partial charge is 0.231 e. The van der Waals surface area contributed by atoms with Crippen LogP contribution < -0.4 is 0 Å². The van der Waals surface area contributed by atoms with Gasteiger partial charge in [0.25, 0.3) is 0 Å². The molecule has 0 saturated carbocycles. The van der Waals surface area contributed by atoms with Crippen LogP contribution in [0.1, 0.15) is 38.5 Å². The summed E-state index contributed by atoms with van der Waals surface area (Å²) in [6.07, 6.45) is 9.68. The second-order valence-electron chi connectivity index (χ2n) is 6.36. The Morgan fingerprint density at radius 3 is 3.06 bits per heavy atom. The van der Waals surface area contributed by atoms with Gasteiger partial charge in [0.15, 0.2) is 0 Å². The van der Waals surface area contributed by atoms with E-state index in [9.17, 15) is 4.79 Å². The molecule has 4 aliphatic rings. The van der Waals surface area contributed by atoms with Crippen LogP contribution >= 0.6 is 0 Å². The van der Waals surface area contributed by atoms with Crippen LogP contribution in [-0.2, 0) is 4.79 Å². The highest BCUT2D eigenvalue weighted by Crippen LogP contribution is 2.43. The van der Waals surface area contributed by atoms with Gasteiger partial charge in [0.1, 0.15) is 0 Å². The maximum atomic E-state index is 12.7. The van der Waals surface area contributed by atoms with E-state index in [4.69, 9.17) is 0 Å². The van der Waals surface area contributed by atoms with Gasteiger partial charge >= 0.3 is 0 Å². The molecule has 98 valence electrons. The minimum Gasteiger partial charge on any atom is -0.374 e. The molecule has 0 aromatic heterocycles. The first-order chi connectivity index (χ1) is 8.84. The summed E-state index contributed by atoms with van der Waals surface area (Å²) >= 11 is 0. The van der Waals surface area contributed by atoms with Gasteiger partial charge in [-0.15, -0.1) is 0 Å². The van der Waals surface area contributed by atoms with Crippen LogP contribution in [0.2, 0.25) is 0 Å². The van der Waals surface area contributed by atoms with Gasteiger partial charge in [0.2, 0.25) is 5.91 Å². The van der Waals surface area contributed by atoms with Crippen molar-refractivity contribution in [2.75, 3.05) is 19.6 Å². The predicted molar refractivity (Wildman–Crippen MR) is 69.8 cm³/mol. The summed E-state index contributed by atoms with van der Waals surface area (Å²) in [6, 6.07) is 0.561. The summed E-state index contributed by atoms with van der Waals surface area (Å²) in [6.45, 7) is 3.40. The Hall–Kier alpha value is -0.990. The van der Waals surface area contributed by atoms with E-state index in [1.807, 2.05) is 0 Å². The minimum absolute atomic E-state index is 0.207. The molecule has 4 rings (SSSR count). The fourth-order valence-corrected chi connectivity index (χ4v) is 4.56. The van der Waals surface area contributed by atoms with Gasteiger partial charge in [-0.1, -0.05) is 6.08 Å². The van der Waals surface area contributed by atoms with Crippen LogP contribution in [0.25, 0.3) is 0 Å². The minimum atomic E-state index is 0.207. The van der Waals surface area contributed by atoms with Crippen molar-refractivity contribution in [3.05, 3.63) is 11.8 Å². The number of amides is 1. The Labute approximate surface area is 109 Å². The molecule has 0 aromatic rings. The highest BCUT2D eigenvalue weighted by molar-refractivity contribution is 5.83. The molecule has 0 aliphatic carbocycles. The molecule has 0 spiro atoms. The number of nitrogens with zero attached hydrogens (tertiary/aromatic N) is 2. The van der Waals surface area contributed by atoms with Crippen molar-refractivity contribution in [3.8, 4) is 0 Å². The molecule has 0 radical (unpaired) electrons. The Morgan fingerprint density at radius 1 is 1.17 bits per heavy atom. The van der Waals surface area contributed by atoms with E-state index < -0.39 is 0 Å². The van der Waals surface area contributed by atoms with Crippen LogP contribution in [0.3, 0.4) is 0 Å². The molecule has 2 bridgehead atoms. The monoisotopic (exact) mass is 246 g/mol. The Morgan fingerprint density at radius 2 is 2.11 bits per heavy atom. The van der Waals surface area contributed by atoms with Crippen molar-refractivity contribution < 1.29 is 4.79 Å².